The van der Waals surface area contributed by atoms with E-state index in [1.165, 1.54) is 36.1 Å². The van der Waals surface area contributed by atoms with E-state index in [0.29, 0.717) is 17.2 Å². The van der Waals surface area contributed by atoms with Crippen LogP contribution in [0.5, 0.6) is 11.5 Å². The van der Waals surface area contributed by atoms with Crippen molar-refractivity contribution in [1.29, 1.82) is 0 Å². The summed E-state index contributed by atoms with van der Waals surface area (Å²) < 4.78 is 31.9. The van der Waals surface area contributed by atoms with E-state index in [2.05, 4.69) is 97.6 Å². The summed E-state index contributed by atoms with van der Waals surface area (Å²) in [7, 11) is 0. The zero-order chi connectivity index (χ0) is 31.2. The van der Waals surface area contributed by atoms with Gasteiger partial charge in [0.1, 0.15) is 0 Å². The molecule has 0 unspecified atom stereocenters. The van der Waals surface area contributed by atoms with Crippen molar-refractivity contribution in [3.05, 3.63) is 146 Å². The topological polar surface area (TPSA) is 31.8 Å². The van der Waals surface area contributed by atoms with E-state index in [9.17, 15) is 0 Å². The zero-order valence-corrected chi connectivity index (χ0v) is 28.1. The van der Waals surface area contributed by atoms with Crippen LogP contribution < -0.4 is 21.8 Å². The fourth-order valence-electron chi connectivity index (χ4n) is 5.18. The van der Waals surface area contributed by atoms with Crippen LogP contribution in [0.3, 0.4) is 0 Å². The number of nitrogens with zero attached hydrogens (tertiary/aromatic N) is 4. The predicted octanol–water partition coefficient (Wildman–Crippen LogP) is 6.58. The predicted molar refractivity (Wildman–Crippen MR) is 170 cm³/mol. The van der Waals surface area contributed by atoms with E-state index in [1.807, 2.05) is 36.5 Å². The summed E-state index contributed by atoms with van der Waals surface area (Å²) in [6.45, 7) is 3.75. The van der Waals surface area contributed by atoms with Gasteiger partial charge in [-0.25, -0.2) is 0 Å². The molecule has 7 rings (SSSR count). The van der Waals surface area contributed by atoms with Gasteiger partial charge in [-0.1, -0.05) is 0 Å². The van der Waals surface area contributed by atoms with Crippen LogP contribution in [0.25, 0.3) is 0 Å². The number of hydrogen-bond donors (Lipinski definition) is 0. The average Bonchev–Trinajstić information content (AvgIpc) is 3.56. The van der Waals surface area contributed by atoms with Crippen molar-refractivity contribution in [3.8, 4) is 11.5 Å². The summed E-state index contributed by atoms with van der Waals surface area (Å²) in [5.41, 5.74) is 4.91. The van der Waals surface area contributed by atoms with Gasteiger partial charge >= 0.3 is 259 Å². The van der Waals surface area contributed by atoms with E-state index in [1.54, 1.807) is 11.1 Å². The van der Waals surface area contributed by atoms with Gasteiger partial charge in [0, 0.05) is 25.2 Å². The molecule has 0 amide bonds. The molecule has 3 heterocycles. The van der Waals surface area contributed by atoms with Crippen LogP contribution in [0.4, 0.5) is 22.9 Å². The molecule has 0 fully saturated rings. The molecule has 5 aromatic rings. The maximum atomic E-state index is 7.66. The first kappa shape index (κ1) is 25.9. The second kappa shape index (κ2) is 12.2. The van der Waals surface area contributed by atoms with Crippen molar-refractivity contribution >= 4 is 51.0 Å². The number of benzene rings is 4. The zero-order valence-electron chi connectivity index (χ0n) is 26.5. The fourth-order valence-corrected chi connectivity index (χ4v) is 8.09. The number of anilines is 4. The SMILES string of the molecule is [2H]C([2H])([2H])N1C=CN(c2[c-]c(Oc3[c-]c4c(cc3)[Te]c3ccccc3N4c3cc(C(C)(C)c4ccccc4)ccn3)ccc2)[CH-]1.[Pt]. The Morgan fingerprint density at radius 1 is 0.837 bits per heavy atom. The Balaban J connectivity index is 0.00000372. The minimum atomic E-state index is -2.25. The second-order valence-electron chi connectivity index (χ2n) is 10.6. The number of rotatable bonds is 6. The number of hydrogen-bond acceptors (Lipinski definition) is 5. The van der Waals surface area contributed by atoms with Gasteiger partial charge in [0.25, 0.3) is 0 Å². The third-order valence-corrected chi connectivity index (χ3v) is 10.7. The van der Waals surface area contributed by atoms with Crippen molar-refractivity contribution in [3.63, 3.8) is 0 Å². The number of pyridine rings is 1. The Hall–Kier alpha value is -3.55. The van der Waals surface area contributed by atoms with Crippen molar-refractivity contribution in [2.45, 2.75) is 19.3 Å². The number of fused-ring (bicyclic) bond motifs is 2. The largest absolute Gasteiger partial charge is 0 e. The summed E-state index contributed by atoms with van der Waals surface area (Å²) in [6, 6.07) is 39.8. The van der Waals surface area contributed by atoms with E-state index in [4.69, 9.17) is 13.8 Å². The van der Waals surface area contributed by atoms with Crippen molar-refractivity contribution in [2.75, 3.05) is 16.8 Å². The van der Waals surface area contributed by atoms with Crippen LogP contribution in [0.2, 0.25) is 0 Å². The minimum absolute atomic E-state index is 0. The van der Waals surface area contributed by atoms with Gasteiger partial charge in [0.05, 0.1) is 0 Å². The van der Waals surface area contributed by atoms with Gasteiger partial charge < -0.3 is 0 Å². The van der Waals surface area contributed by atoms with Crippen molar-refractivity contribution in [2.24, 2.45) is 0 Å². The number of para-hydroxylation sites is 1. The molecule has 0 bridgehead atoms. The van der Waals surface area contributed by atoms with Crippen LogP contribution >= 0.6 is 0 Å². The molecule has 0 atom stereocenters. The summed E-state index contributed by atoms with van der Waals surface area (Å²) in [5, 5.41) is 0. The van der Waals surface area contributed by atoms with Gasteiger partial charge in [0.2, 0.25) is 0 Å². The van der Waals surface area contributed by atoms with Crippen molar-refractivity contribution < 1.29 is 29.9 Å². The van der Waals surface area contributed by atoms with Gasteiger partial charge in [-0.3, -0.25) is 0 Å². The molecule has 5 nitrogen and oxygen atoms in total. The Bertz CT molecular complexity index is 1900. The molecule has 218 valence electrons. The monoisotopic (exact) mass is 861 g/mol. The summed E-state index contributed by atoms with van der Waals surface area (Å²) in [5.74, 6) is 1.89. The van der Waals surface area contributed by atoms with E-state index >= 15 is 0 Å². The average molecular weight is 859 g/mol. The molecule has 0 saturated carbocycles. The molecule has 0 aliphatic carbocycles. The molecule has 2 aliphatic heterocycles. The Labute approximate surface area is 282 Å². The van der Waals surface area contributed by atoms with Crippen LogP contribution in [-0.4, -0.2) is 37.8 Å². The molecule has 0 saturated heterocycles. The second-order valence-corrected chi connectivity index (χ2v) is 13.7. The molecule has 2 aliphatic rings. The minimum Gasteiger partial charge on any atom is 0 e. The van der Waals surface area contributed by atoms with Crippen molar-refractivity contribution in [1.82, 2.24) is 9.88 Å². The number of aromatic nitrogens is 1. The third kappa shape index (κ3) is 5.85. The van der Waals surface area contributed by atoms with E-state index < -0.39 is 27.9 Å². The van der Waals surface area contributed by atoms with Crippen LogP contribution in [0, 0.1) is 18.8 Å². The molecule has 1 aromatic heterocycles. The normalized spacial score (nSPS) is 15.1. The molecule has 0 radical (unpaired) electrons. The molecule has 0 spiro atoms. The summed E-state index contributed by atoms with van der Waals surface area (Å²) in [4.78, 5) is 9.96. The first-order chi connectivity index (χ1) is 21.7. The van der Waals surface area contributed by atoms with E-state index in [-0.39, 0.29) is 26.5 Å². The van der Waals surface area contributed by atoms with Crippen LogP contribution in [0.15, 0.2) is 116 Å². The van der Waals surface area contributed by atoms with Gasteiger partial charge in [-0.15, -0.1) is 0 Å². The maximum absolute atomic E-state index is 7.66. The molecule has 0 N–H and O–H groups in total. The first-order valence-corrected chi connectivity index (χ1v) is 16.0. The smallest absolute Gasteiger partial charge is 0 e. The van der Waals surface area contributed by atoms with E-state index in [0.717, 1.165) is 17.2 Å². The molecular weight excluding hydrogens is 827 g/mol. The van der Waals surface area contributed by atoms with Gasteiger partial charge in [0.15, 0.2) is 0 Å². The Morgan fingerprint density at radius 2 is 1.65 bits per heavy atom. The number of ether oxygens (including phenoxy) is 1. The third-order valence-electron chi connectivity index (χ3n) is 7.49. The Morgan fingerprint density at radius 3 is 2.49 bits per heavy atom. The molecule has 43 heavy (non-hydrogen) atoms. The Kier molecular flexibility index (Phi) is 7.36. The van der Waals surface area contributed by atoms with Crippen LogP contribution in [-0.2, 0) is 26.5 Å². The molecule has 4 aromatic carbocycles. The molecular formula is C36H29N4OPtTe-3. The quantitative estimate of drug-likeness (QED) is 0.140. The fraction of sp³-hybridized carbons (Fsp3) is 0.111. The standard InChI is InChI=1S/C36H29N4OTe.Pt/c1-36(2,26-10-5-4-6-11-26)27-18-19-37-35(22-27)40-31-14-7-8-15-33(31)42-34-17-16-30(24-32(34)40)41-29-13-9-12-28(23-29)39-21-20-38(3)25-39;/h4-22,25H,1-3H3;/q-3;/i3D3;. The van der Waals surface area contributed by atoms with Gasteiger partial charge in [-0.05, 0) is 0 Å². The van der Waals surface area contributed by atoms with Gasteiger partial charge in [-0.2, -0.15) is 0 Å². The maximum Gasteiger partial charge on any atom is 0 e. The summed E-state index contributed by atoms with van der Waals surface area (Å²) >= 11 is -0.665. The first-order valence-electron chi connectivity index (χ1n) is 15.1. The molecule has 7 heteroatoms. The van der Waals surface area contributed by atoms with Crippen LogP contribution in [0.1, 0.15) is 29.1 Å². The summed E-state index contributed by atoms with van der Waals surface area (Å²) in [6.07, 6.45) is 5.10.